The molecular weight excluding hydrogens is 242 g/mol. The number of aryl methyl sites for hydroxylation is 1. The molecule has 0 fully saturated rings. The van der Waals surface area contributed by atoms with E-state index in [-0.39, 0.29) is 0 Å². The Morgan fingerprint density at radius 2 is 2.00 bits per heavy atom. The van der Waals surface area contributed by atoms with E-state index in [2.05, 4.69) is 25.6 Å². The van der Waals surface area contributed by atoms with Gasteiger partial charge in [-0.15, -0.1) is 0 Å². The highest BCUT2D eigenvalue weighted by Gasteiger charge is 2.11. The van der Waals surface area contributed by atoms with Crippen molar-refractivity contribution in [2.75, 3.05) is 24.8 Å². The first-order chi connectivity index (χ1) is 9.26. The molecule has 0 saturated heterocycles. The number of anilines is 2. The highest BCUT2D eigenvalue weighted by Crippen LogP contribution is 2.28. The topological polar surface area (TPSA) is 72.0 Å². The molecule has 6 nitrogen and oxygen atoms in total. The predicted octanol–water partition coefficient (Wildman–Crippen LogP) is 1.84. The Kier molecular flexibility index (Phi) is 4.12. The van der Waals surface area contributed by atoms with Gasteiger partial charge >= 0.3 is 0 Å². The van der Waals surface area contributed by atoms with E-state index in [1.807, 2.05) is 19.1 Å². The molecule has 0 bridgehead atoms. The lowest BCUT2D eigenvalue weighted by Gasteiger charge is -2.13. The maximum atomic E-state index is 5.32. The van der Waals surface area contributed by atoms with E-state index in [0.717, 1.165) is 11.3 Å². The van der Waals surface area contributed by atoms with Crippen molar-refractivity contribution in [2.45, 2.75) is 13.5 Å². The number of aromatic nitrogens is 3. The van der Waals surface area contributed by atoms with Crippen molar-refractivity contribution >= 4 is 11.6 Å². The van der Waals surface area contributed by atoms with Crippen LogP contribution in [0, 0.1) is 6.92 Å². The molecule has 2 aromatic heterocycles. The molecule has 0 spiro atoms. The molecule has 0 radical (unpaired) electrons. The Bertz CT molecular complexity index is 558. The average Bonchev–Trinajstić information content (AvgIpc) is 2.45. The van der Waals surface area contributed by atoms with Gasteiger partial charge in [0, 0.05) is 13.2 Å². The van der Waals surface area contributed by atoms with Gasteiger partial charge in [0.1, 0.15) is 6.33 Å². The van der Waals surface area contributed by atoms with Crippen LogP contribution >= 0.6 is 0 Å². The van der Waals surface area contributed by atoms with Gasteiger partial charge in [-0.25, -0.2) is 9.97 Å². The van der Waals surface area contributed by atoms with Gasteiger partial charge in [0.15, 0.2) is 11.6 Å². The molecule has 100 valence electrons. The summed E-state index contributed by atoms with van der Waals surface area (Å²) in [5.74, 6) is 1.89. The zero-order chi connectivity index (χ0) is 13.7. The van der Waals surface area contributed by atoms with E-state index in [1.54, 1.807) is 20.4 Å². The maximum Gasteiger partial charge on any atom is 0.204 e. The van der Waals surface area contributed by atoms with Crippen molar-refractivity contribution in [2.24, 2.45) is 0 Å². The van der Waals surface area contributed by atoms with Gasteiger partial charge in [-0.05, 0) is 18.6 Å². The number of nitrogens with zero attached hydrogens (tertiary/aromatic N) is 3. The van der Waals surface area contributed by atoms with Crippen LogP contribution in [-0.4, -0.2) is 29.1 Å². The number of rotatable bonds is 5. The first kappa shape index (κ1) is 13.1. The maximum absolute atomic E-state index is 5.32. The third-order valence-corrected chi connectivity index (χ3v) is 2.79. The molecule has 0 aromatic carbocycles. The summed E-state index contributed by atoms with van der Waals surface area (Å²) in [7, 11) is 3.38. The van der Waals surface area contributed by atoms with Crippen molar-refractivity contribution < 1.29 is 4.74 Å². The minimum atomic E-state index is 0.587. The van der Waals surface area contributed by atoms with Crippen molar-refractivity contribution in [3.05, 3.63) is 35.9 Å². The van der Waals surface area contributed by atoms with Gasteiger partial charge in [0.25, 0.3) is 0 Å². The first-order valence-corrected chi connectivity index (χ1v) is 5.97. The molecule has 2 N–H and O–H groups in total. The molecule has 0 aliphatic carbocycles. The number of ether oxygens (including phenoxy) is 1. The smallest absolute Gasteiger partial charge is 0.204 e. The minimum Gasteiger partial charge on any atom is -0.490 e. The van der Waals surface area contributed by atoms with E-state index >= 15 is 0 Å². The Morgan fingerprint density at radius 3 is 2.68 bits per heavy atom. The number of nitrogens with one attached hydrogen (secondary N) is 2. The van der Waals surface area contributed by atoms with Crippen LogP contribution in [0.1, 0.15) is 11.3 Å². The third-order valence-electron chi connectivity index (χ3n) is 2.79. The van der Waals surface area contributed by atoms with Gasteiger partial charge in [-0.2, -0.15) is 0 Å². The summed E-state index contributed by atoms with van der Waals surface area (Å²) in [6.07, 6.45) is 3.27. The zero-order valence-corrected chi connectivity index (χ0v) is 11.3. The Hall–Kier alpha value is -2.37. The first-order valence-electron chi connectivity index (χ1n) is 5.97. The number of hydrogen-bond donors (Lipinski definition) is 2. The lowest BCUT2D eigenvalue weighted by Crippen LogP contribution is -2.08. The standard InChI is InChI=1S/C13H17N5O/c1-9-5-4-6-15-10(9)7-16-13-11(19-3)12(14-2)17-8-18-13/h4-6,8H,7H2,1-3H3,(H2,14,16,17,18). The van der Waals surface area contributed by atoms with Crippen molar-refractivity contribution in [1.29, 1.82) is 0 Å². The second kappa shape index (κ2) is 5.99. The number of methoxy groups -OCH3 is 1. The van der Waals surface area contributed by atoms with Crippen LogP contribution < -0.4 is 15.4 Å². The van der Waals surface area contributed by atoms with Crippen LogP contribution in [-0.2, 0) is 6.54 Å². The monoisotopic (exact) mass is 259 g/mol. The molecule has 0 aliphatic rings. The largest absolute Gasteiger partial charge is 0.490 e. The fraction of sp³-hybridized carbons (Fsp3) is 0.308. The summed E-state index contributed by atoms with van der Waals surface area (Å²) in [4.78, 5) is 12.6. The van der Waals surface area contributed by atoms with E-state index in [4.69, 9.17) is 4.74 Å². The lowest BCUT2D eigenvalue weighted by molar-refractivity contribution is 0.415. The SMILES string of the molecule is CNc1ncnc(NCc2ncccc2C)c1OC. The van der Waals surface area contributed by atoms with Crippen molar-refractivity contribution in [3.8, 4) is 5.75 Å². The van der Waals surface area contributed by atoms with Crippen LogP contribution in [0.2, 0.25) is 0 Å². The van der Waals surface area contributed by atoms with Crippen LogP contribution in [0.15, 0.2) is 24.7 Å². The summed E-state index contributed by atoms with van der Waals surface area (Å²) in [6.45, 7) is 2.61. The molecule has 0 aliphatic heterocycles. The Morgan fingerprint density at radius 1 is 1.21 bits per heavy atom. The third kappa shape index (κ3) is 2.90. The van der Waals surface area contributed by atoms with Gasteiger partial charge in [0.05, 0.1) is 19.3 Å². The quantitative estimate of drug-likeness (QED) is 0.853. The Labute approximate surface area is 112 Å². The second-order valence-corrected chi connectivity index (χ2v) is 3.97. The zero-order valence-electron chi connectivity index (χ0n) is 11.3. The molecule has 2 heterocycles. The molecule has 6 heteroatoms. The highest BCUT2D eigenvalue weighted by molar-refractivity contribution is 5.63. The fourth-order valence-corrected chi connectivity index (χ4v) is 1.74. The van der Waals surface area contributed by atoms with Gasteiger partial charge in [-0.3, -0.25) is 4.98 Å². The molecule has 0 unspecified atom stereocenters. The predicted molar refractivity (Wildman–Crippen MR) is 74.4 cm³/mol. The van der Waals surface area contributed by atoms with E-state index in [1.165, 1.54) is 6.33 Å². The van der Waals surface area contributed by atoms with Gasteiger partial charge in [0.2, 0.25) is 5.75 Å². The van der Waals surface area contributed by atoms with Crippen molar-refractivity contribution in [3.63, 3.8) is 0 Å². The molecule has 0 atom stereocenters. The van der Waals surface area contributed by atoms with Crippen LogP contribution in [0.3, 0.4) is 0 Å². The summed E-state index contributed by atoms with van der Waals surface area (Å²) in [6, 6.07) is 3.95. The van der Waals surface area contributed by atoms with Crippen molar-refractivity contribution in [1.82, 2.24) is 15.0 Å². The normalized spacial score (nSPS) is 10.1. The van der Waals surface area contributed by atoms with Gasteiger partial charge < -0.3 is 15.4 Å². The molecule has 0 amide bonds. The fourth-order valence-electron chi connectivity index (χ4n) is 1.74. The molecule has 19 heavy (non-hydrogen) atoms. The summed E-state index contributed by atoms with van der Waals surface area (Å²) >= 11 is 0. The number of hydrogen-bond acceptors (Lipinski definition) is 6. The van der Waals surface area contributed by atoms with Crippen LogP contribution in [0.4, 0.5) is 11.6 Å². The summed E-state index contributed by atoms with van der Waals surface area (Å²) in [5.41, 5.74) is 2.12. The summed E-state index contributed by atoms with van der Waals surface area (Å²) in [5, 5.41) is 6.18. The summed E-state index contributed by atoms with van der Waals surface area (Å²) < 4.78 is 5.32. The van der Waals surface area contributed by atoms with E-state index < -0.39 is 0 Å². The molecule has 2 rings (SSSR count). The van der Waals surface area contributed by atoms with E-state index in [0.29, 0.717) is 23.9 Å². The van der Waals surface area contributed by atoms with E-state index in [9.17, 15) is 0 Å². The molecule has 0 saturated carbocycles. The Balaban J connectivity index is 2.18. The lowest BCUT2D eigenvalue weighted by atomic mass is 10.2. The average molecular weight is 259 g/mol. The molecule has 2 aromatic rings. The molecular formula is C13H17N5O. The number of pyridine rings is 1. The minimum absolute atomic E-state index is 0.587. The second-order valence-electron chi connectivity index (χ2n) is 3.97. The van der Waals surface area contributed by atoms with Gasteiger partial charge in [-0.1, -0.05) is 6.07 Å². The van der Waals surface area contributed by atoms with Crippen LogP contribution in [0.5, 0.6) is 5.75 Å². The van der Waals surface area contributed by atoms with Crippen LogP contribution in [0.25, 0.3) is 0 Å². The highest BCUT2D eigenvalue weighted by atomic mass is 16.5.